The van der Waals surface area contributed by atoms with Crippen molar-refractivity contribution in [1.29, 1.82) is 0 Å². The summed E-state index contributed by atoms with van der Waals surface area (Å²) in [5.74, 6) is -0.303. The fourth-order valence-corrected chi connectivity index (χ4v) is 5.69. The van der Waals surface area contributed by atoms with Gasteiger partial charge in [-0.15, -0.1) is 17.9 Å². The number of aromatic nitrogens is 1. The maximum absolute atomic E-state index is 14.3. The molecule has 0 spiro atoms. The van der Waals surface area contributed by atoms with E-state index in [0.717, 1.165) is 0 Å². The molecule has 0 amide bonds. The number of rotatable bonds is 6. The molecule has 2 heterocycles. The molecule has 4 rings (SSSR count). The summed E-state index contributed by atoms with van der Waals surface area (Å²) < 4.78 is 48.4. The van der Waals surface area contributed by atoms with E-state index in [0.29, 0.717) is 54.6 Å². The van der Waals surface area contributed by atoms with Crippen LogP contribution in [0.15, 0.2) is 76.5 Å². The van der Waals surface area contributed by atoms with Crippen molar-refractivity contribution in [1.82, 2.24) is 8.87 Å². The Morgan fingerprint density at radius 3 is 2.52 bits per heavy atom. The number of morpholine rings is 1. The van der Waals surface area contributed by atoms with Crippen LogP contribution in [0.5, 0.6) is 0 Å². The number of halogens is 1. The highest BCUT2D eigenvalue weighted by Gasteiger charge is 2.26. The summed E-state index contributed by atoms with van der Waals surface area (Å²) in [5.41, 5.74) is 1.82. The molecule has 0 aliphatic carbocycles. The number of benzene rings is 2. The van der Waals surface area contributed by atoms with Gasteiger partial charge in [0.25, 0.3) is 0 Å². The summed E-state index contributed by atoms with van der Waals surface area (Å²) in [6, 6.07) is 13.1. The summed E-state index contributed by atoms with van der Waals surface area (Å²) in [5, 5.41) is 1.86. The maximum Gasteiger partial charge on any atom is 0.243 e. The van der Waals surface area contributed by atoms with Gasteiger partial charge in [0, 0.05) is 30.6 Å². The standard InChI is InChI=1S/C22H22FN3O3S2/c1-2-11-26-21(19-5-3-4-6-20(19)23)16-30-22(26)24-17-7-9-18(10-8-17)31(27,28)25-12-14-29-15-13-25/h2-10,16H,1,11-15H2. The van der Waals surface area contributed by atoms with Gasteiger partial charge in [-0.2, -0.15) is 4.31 Å². The second-order valence-corrected chi connectivity index (χ2v) is 9.68. The van der Waals surface area contributed by atoms with Gasteiger partial charge in [-0.05, 0) is 36.4 Å². The Morgan fingerprint density at radius 1 is 1.13 bits per heavy atom. The van der Waals surface area contributed by atoms with E-state index in [9.17, 15) is 12.8 Å². The molecule has 1 saturated heterocycles. The highest BCUT2D eigenvalue weighted by molar-refractivity contribution is 7.89. The third kappa shape index (κ3) is 4.54. The van der Waals surface area contributed by atoms with Crippen LogP contribution < -0.4 is 4.80 Å². The molecule has 1 aliphatic heterocycles. The summed E-state index contributed by atoms with van der Waals surface area (Å²) >= 11 is 1.39. The van der Waals surface area contributed by atoms with Crippen molar-refractivity contribution in [3.05, 3.63) is 77.2 Å². The van der Waals surface area contributed by atoms with Crippen LogP contribution in [0.2, 0.25) is 0 Å². The van der Waals surface area contributed by atoms with Crippen LogP contribution in [-0.2, 0) is 21.3 Å². The maximum atomic E-state index is 14.3. The average molecular weight is 460 g/mol. The zero-order valence-corrected chi connectivity index (χ0v) is 18.4. The Kier molecular flexibility index (Phi) is 6.47. The molecule has 162 valence electrons. The summed E-state index contributed by atoms with van der Waals surface area (Å²) in [6.07, 6.45) is 1.73. The fraction of sp³-hybridized carbons (Fsp3) is 0.227. The fourth-order valence-electron chi connectivity index (χ4n) is 3.35. The molecular weight excluding hydrogens is 437 g/mol. The van der Waals surface area contributed by atoms with E-state index in [-0.39, 0.29) is 10.7 Å². The van der Waals surface area contributed by atoms with Gasteiger partial charge in [0.2, 0.25) is 10.0 Å². The molecule has 3 aromatic rings. The third-order valence-corrected chi connectivity index (χ3v) is 7.70. The average Bonchev–Trinajstić information content (AvgIpc) is 3.17. The van der Waals surface area contributed by atoms with Crippen molar-refractivity contribution in [3.63, 3.8) is 0 Å². The molecule has 0 unspecified atom stereocenters. The number of hydrogen-bond acceptors (Lipinski definition) is 5. The molecule has 1 fully saturated rings. The van der Waals surface area contributed by atoms with Crippen LogP contribution in [0.1, 0.15) is 0 Å². The molecule has 0 saturated carbocycles. The zero-order chi connectivity index (χ0) is 21.8. The zero-order valence-electron chi connectivity index (χ0n) is 16.8. The number of allylic oxidation sites excluding steroid dienone is 1. The third-order valence-electron chi connectivity index (χ3n) is 4.93. The van der Waals surface area contributed by atoms with Crippen LogP contribution >= 0.6 is 11.3 Å². The number of thiazole rings is 1. The van der Waals surface area contributed by atoms with Crippen LogP contribution in [0, 0.1) is 5.82 Å². The predicted octanol–water partition coefficient (Wildman–Crippen LogP) is 3.80. The molecule has 1 aromatic heterocycles. The van der Waals surface area contributed by atoms with Crippen molar-refractivity contribution in [2.75, 3.05) is 26.3 Å². The SMILES string of the molecule is C=CCn1c(-c2ccccc2F)csc1=Nc1ccc(S(=O)(=O)N2CCOCC2)cc1. The minimum absolute atomic E-state index is 0.227. The Morgan fingerprint density at radius 2 is 1.84 bits per heavy atom. The van der Waals surface area contributed by atoms with Crippen molar-refractivity contribution < 1.29 is 17.5 Å². The van der Waals surface area contributed by atoms with Gasteiger partial charge in [0.05, 0.1) is 29.5 Å². The quantitative estimate of drug-likeness (QED) is 0.527. The number of sulfonamides is 1. The molecule has 6 nitrogen and oxygen atoms in total. The normalized spacial score (nSPS) is 15.8. The van der Waals surface area contributed by atoms with Crippen LogP contribution in [0.25, 0.3) is 11.3 Å². The first-order valence-electron chi connectivity index (χ1n) is 9.77. The number of hydrogen-bond donors (Lipinski definition) is 0. The van der Waals surface area contributed by atoms with E-state index in [2.05, 4.69) is 11.6 Å². The second-order valence-electron chi connectivity index (χ2n) is 6.90. The number of ether oxygens (including phenoxy) is 1. The van der Waals surface area contributed by atoms with Crippen molar-refractivity contribution in [3.8, 4) is 11.3 Å². The lowest BCUT2D eigenvalue weighted by Gasteiger charge is -2.26. The van der Waals surface area contributed by atoms with Gasteiger partial charge in [-0.3, -0.25) is 0 Å². The van der Waals surface area contributed by atoms with Gasteiger partial charge in [-0.1, -0.05) is 18.2 Å². The predicted molar refractivity (Wildman–Crippen MR) is 119 cm³/mol. The highest BCUT2D eigenvalue weighted by Crippen LogP contribution is 2.24. The van der Waals surface area contributed by atoms with E-state index in [1.165, 1.54) is 21.7 Å². The molecule has 31 heavy (non-hydrogen) atoms. The molecular formula is C22H22FN3O3S2. The van der Waals surface area contributed by atoms with E-state index in [4.69, 9.17) is 4.74 Å². The summed E-state index contributed by atoms with van der Waals surface area (Å²) in [6.45, 7) is 5.77. The van der Waals surface area contributed by atoms with Crippen molar-refractivity contribution in [2.24, 2.45) is 4.99 Å². The minimum atomic E-state index is -3.55. The summed E-state index contributed by atoms with van der Waals surface area (Å²) in [4.78, 5) is 5.55. The lowest BCUT2D eigenvalue weighted by molar-refractivity contribution is 0.0730. The van der Waals surface area contributed by atoms with Crippen molar-refractivity contribution in [2.45, 2.75) is 11.4 Å². The Bertz CT molecular complexity index is 1240. The van der Waals surface area contributed by atoms with E-state index in [1.807, 2.05) is 9.95 Å². The Labute approximate surface area is 184 Å². The van der Waals surface area contributed by atoms with Gasteiger partial charge in [0.15, 0.2) is 4.80 Å². The lowest BCUT2D eigenvalue weighted by Crippen LogP contribution is -2.40. The largest absolute Gasteiger partial charge is 0.379 e. The molecule has 1 aliphatic rings. The lowest BCUT2D eigenvalue weighted by atomic mass is 10.1. The second kappa shape index (κ2) is 9.27. The molecule has 0 N–H and O–H groups in total. The Balaban J connectivity index is 1.68. The van der Waals surface area contributed by atoms with Crippen LogP contribution in [0.3, 0.4) is 0 Å². The first-order chi connectivity index (χ1) is 15.0. The van der Waals surface area contributed by atoms with Crippen LogP contribution in [-0.4, -0.2) is 43.6 Å². The monoisotopic (exact) mass is 459 g/mol. The van der Waals surface area contributed by atoms with Gasteiger partial charge >= 0.3 is 0 Å². The van der Waals surface area contributed by atoms with Crippen LogP contribution in [0.4, 0.5) is 10.1 Å². The first-order valence-corrected chi connectivity index (χ1v) is 12.1. The molecule has 0 bridgehead atoms. The van der Waals surface area contributed by atoms with Crippen molar-refractivity contribution >= 4 is 27.0 Å². The van der Waals surface area contributed by atoms with Gasteiger partial charge < -0.3 is 9.30 Å². The molecule has 2 aromatic carbocycles. The van der Waals surface area contributed by atoms with E-state index < -0.39 is 10.0 Å². The highest BCUT2D eigenvalue weighted by atomic mass is 32.2. The topological polar surface area (TPSA) is 63.9 Å². The Hall–Kier alpha value is -2.59. The first kappa shape index (κ1) is 21.6. The smallest absolute Gasteiger partial charge is 0.243 e. The number of nitrogens with zero attached hydrogens (tertiary/aromatic N) is 3. The van der Waals surface area contributed by atoms with E-state index >= 15 is 0 Å². The molecule has 9 heteroatoms. The van der Waals surface area contributed by atoms with Gasteiger partial charge in [0.1, 0.15) is 5.82 Å². The minimum Gasteiger partial charge on any atom is -0.379 e. The summed E-state index contributed by atoms with van der Waals surface area (Å²) in [7, 11) is -3.55. The molecule has 0 radical (unpaired) electrons. The van der Waals surface area contributed by atoms with Gasteiger partial charge in [-0.25, -0.2) is 17.8 Å². The van der Waals surface area contributed by atoms with E-state index in [1.54, 1.807) is 48.5 Å². The molecule has 0 atom stereocenters.